The predicted octanol–water partition coefficient (Wildman–Crippen LogP) is 4.90. The normalized spacial score (nSPS) is 10.6. The first kappa shape index (κ1) is 16.6. The van der Waals surface area contributed by atoms with E-state index >= 15 is 0 Å². The van der Waals surface area contributed by atoms with Crippen molar-refractivity contribution in [1.82, 2.24) is 4.98 Å². The van der Waals surface area contributed by atoms with Crippen LogP contribution in [-0.2, 0) is 4.79 Å². The second-order valence-electron chi connectivity index (χ2n) is 5.33. The molecule has 0 unspecified atom stereocenters. The SMILES string of the molecule is Cc1cc(NCC(=O)Nc2cccc(Cl)c2Cl)c2ccccc2n1. The van der Waals surface area contributed by atoms with Crippen LogP contribution in [0.1, 0.15) is 5.69 Å². The first-order valence-electron chi connectivity index (χ1n) is 7.39. The highest BCUT2D eigenvalue weighted by Crippen LogP contribution is 2.29. The van der Waals surface area contributed by atoms with Gasteiger partial charge in [-0.2, -0.15) is 0 Å². The van der Waals surface area contributed by atoms with Gasteiger partial charge in [-0.05, 0) is 31.2 Å². The molecule has 1 amide bonds. The van der Waals surface area contributed by atoms with E-state index in [2.05, 4.69) is 15.6 Å². The summed E-state index contributed by atoms with van der Waals surface area (Å²) in [7, 11) is 0. The fourth-order valence-corrected chi connectivity index (χ4v) is 2.77. The number of halogens is 2. The van der Waals surface area contributed by atoms with E-state index in [9.17, 15) is 4.79 Å². The number of carbonyl (C=O) groups is 1. The zero-order valence-corrected chi connectivity index (χ0v) is 14.4. The van der Waals surface area contributed by atoms with Gasteiger partial charge in [0.25, 0.3) is 0 Å². The van der Waals surface area contributed by atoms with Gasteiger partial charge in [0.2, 0.25) is 5.91 Å². The third-order valence-corrected chi connectivity index (χ3v) is 4.33. The zero-order valence-electron chi connectivity index (χ0n) is 12.9. The summed E-state index contributed by atoms with van der Waals surface area (Å²) in [6.45, 7) is 2.03. The highest BCUT2D eigenvalue weighted by Gasteiger charge is 2.09. The fourth-order valence-electron chi connectivity index (χ4n) is 2.42. The van der Waals surface area contributed by atoms with E-state index in [4.69, 9.17) is 23.2 Å². The fraction of sp³-hybridized carbons (Fsp3) is 0.111. The van der Waals surface area contributed by atoms with Crippen molar-refractivity contribution in [2.75, 3.05) is 17.2 Å². The summed E-state index contributed by atoms with van der Waals surface area (Å²) < 4.78 is 0. The van der Waals surface area contributed by atoms with Crippen LogP contribution in [0.5, 0.6) is 0 Å². The molecule has 0 bridgehead atoms. The van der Waals surface area contributed by atoms with Crippen LogP contribution < -0.4 is 10.6 Å². The van der Waals surface area contributed by atoms with Crippen molar-refractivity contribution in [2.24, 2.45) is 0 Å². The molecule has 0 atom stereocenters. The highest BCUT2D eigenvalue weighted by molar-refractivity contribution is 6.44. The van der Waals surface area contributed by atoms with Crippen molar-refractivity contribution in [3.8, 4) is 0 Å². The largest absolute Gasteiger partial charge is 0.376 e. The molecule has 122 valence electrons. The number of hydrogen-bond acceptors (Lipinski definition) is 3. The number of nitrogens with one attached hydrogen (secondary N) is 2. The van der Waals surface area contributed by atoms with Crippen LogP contribution in [0.15, 0.2) is 48.5 Å². The van der Waals surface area contributed by atoms with E-state index in [1.165, 1.54) is 0 Å². The number of aromatic nitrogens is 1. The van der Waals surface area contributed by atoms with Crippen molar-refractivity contribution in [1.29, 1.82) is 0 Å². The van der Waals surface area contributed by atoms with Crippen LogP contribution in [0.3, 0.4) is 0 Å². The predicted molar refractivity (Wildman–Crippen MR) is 100 cm³/mol. The van der Waals surface area contributed by atoms with Crippen molar-refractivity contribution in [3.05, 3.63) is 64.3 Å². The van der Waals surface area contributed by atoms with Gasteiger partial charge < -0.3 is 10.6 Å². The van der Waals surface area contributed by atoms with E-state index < -0.39 is 0 Å². The molecule has 0 radical (unpaired) electrons. The Labute approximate surface area is 149 Å². The Hall–Kier alpha value is -2.30. The second kappa shape index (κ2) is 7.07. The Bertz CT molecular complexity index is 912. The van der Waals surface area contributed by atoms with Crippen molar-refractivity contribution < 1.29 is 4.79 Å². The number of carbonyl (C=O) groups excluding carboxylic acids is 1. The molecule has 0 spiro atoms. The number of nitrogens with zero attached hydrogens (tertiary/aromatic N) is 1. The van der Waals surface area contributed by atoms with Crippen LogP contribution >= 0.6 is 23.2 Å². The number of benzene rings is 2. The number of hydrogen-bond donors (Lipinski definition) is 2. The first-order valence-corrected chi connectivity index (χ1v) is 8.14. The van der Waals surface area contributed by atoms with Crippen molar-refractivity contribution in [2.45, 2.75) is 6.92 Å². The Morgan fingerprint density at radius 2 is 1.88 bits per heavy atom. The first-order chi connectivity index (χ1) is 11.5. The molecule has 3 aromatic rings. The van der Waals surface area contributed by atoms with Gasteiger partial charge in [-0.1, -0.05) is 47.5 Å². The molecule has 4 nitrogen and oxygen atoms in total. The van der Waals surface area contributed by atoms with Crippen LogP contribution in [0, 0.1) is 6.92 Å². The average molecular weight is 360 g/mol. The Kier molecular flexibility index (Phi) is 4.88. The molecular weight excluding hydrogens is 345 g/mol. The molecule has 0 fully saturated rings. The molecular formula is C18H15Cl2N3O. The lowest BCUT2D eigenvalue weighted by Gasteiger charge is -2.12. The van der Waals surface area contributed by atoms with Gasteiger partial charge in [0.05, 0.1) is 27.8 Å². The lowest BCUT2D eigenvalue weighted by atomic mass is 10.1. The highest BCUT2D eigenvalue weighted by atomic mass is 35.5. The minimum Gasteiger partial charge on any atom is -0.376 e. The molecule has 0 aliphatic rings. The van der Waals surface area contributed by atoms with E-state index in [0.29, 0.717) is 15.7 Å². The number of para-hydroxylation sites is 1. The average Bonchev–Trinajstić information content (AvgIpc) is 2.56. The van der Waals surface area contributed by atoms with Crippen molar-refractivity contribution in [3.63, 3.8) is 0 Å². The van der Waals surface area contributed by atoms with E-state index in [-0.39, 0.29) is 12.5 Å². The molecule has 2 N–H and O–H groups in total. The summed E-state index contributed by atoms with van der Waals surface area (Å²) in [5.41, 5.74) is 3.13. The molecule has 0 saturated heterocycles. The van der Waals surface area contributed by atoms with Gasteiger partial charge in [-0.15, -0.1) is 0 Å². The zero-order chi connectivity index (χ0) is 17.1. The van der Waals surface area contributed by atoms with Gasteiger partial charge in [0.15, 0.2) is 0 Å². The number of rotatable bonds is 4. The third-order valence-electron chi connectivity index (χ3n) is 3.51. The lowest BCUT2D eigenvalue weighted by molar-refractivity contribution is -0.114. The summed E-state index contributed by atoms with van der Waals surface area (Å²) in [5.74, 6) is -0.210. The van der Waals surface area contributed by atoms with Crippen LogP contribution in [0.25, 0.3) is 10.9 Å². The van der Waals surface area contributed by atoms with Crippen LogP contribution in [0.2, 0.25) is 10.0 Å². The van der Waals surface area contributed by atoms with Gasteiger partial charge in [0.1, 0.15) is 0 Å². The molecule has 1 heterocycles. The molecule has 1 aromatic heterocycles. The lowest BCUT2D eigenvalue weighted by Crippen LogP contribution is -2.22. The summed E-state index contributed by atoms with van der Waals surface area (Å²) in [6, 6.07) is 14.8. The molecule has 2 aromatic carbocycles. The number of amides is 1. The summed E-state index contributed by atoms with van der Waals surface area (Å²) in [6.07, 6.45) is 0. The molecule has 0 aliphatic carbocycles. The van der Waals surface area contributed by atoms with E-state index in [0.717, 1.165) is 22.3 Å². The number of anilines is 2. The van der Waals surface area contributed by atoms with Gasteiger partial charge >= 0.3 is 0 Å². The van der Waals surface area contributed by atoms with Crippen LogP contribution in [0.4, 0.5) is 11.4 Å². The smallest absolute Gasteiger partial charge is 0.243 e. The molecule has 24 heavy (non-hydrogen) atoms. The molecule has 0 aliphatic heterocycles. The van der Waals surface area contributed by atoms with E-state index in [1.54, 1.807) is 18.2 Å². The maximum Gasteiger partial charge on any atom is 0.243 e. The number of pyridine rings is 1. The quantitative estimate of drug-likeness (QED) is 0.696. The minimum absolute atomic E-state index is 0.107. The van der Waals surface area contributed by atoms with Gasteiger partial charge in [0, 0.05) is 16.8 Å². The maximum absolute atomic E-state index is 12.2. The van der Waals surface area contributed by atoms with Crippen molar-refractivity contribution >= 4 is 51.4 Å². The minimum atomic E-state index is -0.210. The van der Waals surface area contributed by atoms with Gasteiger partial charge in [-0.25, -0.2) is 0 Å². The van der Waals surface area contributed by atoms with Gasteiger partial charge in [-0.3, -0.25) is 9.78 Å². The monoisotopic (exact) mass is 359 g/mol. The summed E-state index contributed by atoms with van der Waals surface area (Å²) in [4.78, 5) is 16.7. The summed E-state index contributed by atoms with van der Waals surface area (Å²) >= 11 is 12.0. The molecule has 6 heteroatoms. The second-order valence-corrected chi connectivity index (χ2v) is 6.12. The van der Waals surface area contributed by atoms with Crippen LogP contribution in [-0.4, -0.2) is 17.4 Å². The number of aryl methyl sites for hydroxylation is 1. The summed E-state index contributed by atoms with van der Waals surface area (Å²) in [5, 5.41) is 7.61. The Morgan fingerprint density at radius 1 is 1.08 bits per heavy atom. The third kappa shape index (κ3) is 3.61. The topological polar surface area (TPSA) is 54.0 Å². The molecule has 0 saturated carbocycles. The Balaban J connectivity index is 1.74. The molecule has 3 rings (SSSR count). The Morgan fingerprint density at radius 3 is 2.71 bits per heavy atom. The standard InChI is InChI=1S/C18H15Cl2N3O/c1-11-9-16(12-5-2-3-7-14(12)22-11)21-10-17(24)23-15-8-4-6-13(19)18(15)20/h2-9H,10H2,1H3,(H,21,22)(H,23,24). The number of fused-ring (bicyclic) bond motifs is 1. The maximum atomic E-state index is 12.2. The van der Waals surface area contributed by atoms with E-state index in [1.807, 2.05) is 37.3 Å².